The van der Waals surface area contributed by atoms with Crippen molar-refractivity contribution in [1.82, 2.24) is 20.5 Å². The summed E-state index contributed by atoms with van der Waals surface area (Å²) in [5.41, 5.74) is 1.88. The number of aromatic nitrogens is 3. The second-order valence-corrected chi connectivity index (χ2v) is 4.42. The molecule has 1 unspecified atom stereocenters. The van der Waals surface area contributed by atoms with Gasteiger partial charge in [-0.2, -0.15) is 5.10 Å². The first-order valence-electron chi connectivity index (χ1n) is 5.26. The highest BCUT2D eigenvalue weighted by atomic mass is 15.3. The molecule has 15 heavy (non-hydrogen) atoms. The van der Waals surface area contributed by atoms with Crippen molar-refractivity contribution in [1.29, 1.82) is 0 Å². The Morgan fingerprint density at radius 1 is 1.27 bits per heavy atom. The molecule has 1 aromatic rings. The van der Waals surface area contributed by atoms with E-state index in [4.69, 9.17) is 0 Å². The van der Waals surface area contributed by atoms with Crippen molar-refractivity contribution in [2.75, 3.05) is 18.4 Å². The highest BCUT2D eigenvalue weighted by Crippen LogP contribution is 2.18. The minimum Gasteiger partial charge on any atom is -0.346 e. The zero-order valence-corrected chi connectivity index (χ0v) is 9.46. The van der Waals surface area contributed by atoms with Crippen LogP contribution in [-0.2, 0) is 0 Å². The Kier molecular flexibility index (Phi) is 2.56. The molecule has 2 heterocycles. The first-order chi connectivity index (χ1) is 7.09. The number of rotatable bonds is 2. The molecule has 0 aliphatic carbocycles. The summed E-state index contributed by atoms with van der Waals surface area (Å²) >= 11 is 0. The number of anilines is 1. The Hall–Kier alpha value is -1.23. The molecule has 0 amide bonds. The Morgan fingerprint density at radius 3 is 2.67 bits per heavy atom. The maximum absolute atomic E-state index is 4.37. The third kappa shape index (κ3) is 2.23. The van der Waals surface area contributed by atoms with Crippen molar-refractivity contribution in [3.05, 3.63) is 11.4 Å². The molecular weight excluding hydrogens is 190 g/mol. The van der Waals surface area contributed by atoms with Gasteiger partial charge in [-0.3, -0.25) is 0 Å². The largest absolute Gasteiger partial charge is 0.346 e. The average Bonchev–Trinajstić information content (AvgIpc) is 2.59. The molecule has 1 aromatic heterocycles. The lowest BCUT2D eigenvalue weighted by Crippen LogP contribution is -2.37. The fourth-order valence-corrected chi connectivity index (χ4v) is 1.70. The Bertz CT molecular complexity index is 357. The van der Waals surface area contributed by atoms with E-state index in [1.54, 1.807) is 0 Å². The molecule has 2 rings (SSSR count). The molecule has 1 saturated heterocycles. The summed E-state index contributed by atoms with van der Waals surface area (Å²) in [6.07, 6.45) is 1.09. The standard InChI is InChI=1S/C10H17N5/c1-7-8(2)14-15-9(12-7)13-10(3)4-5-11-6-10/h11H,4-6H2,1-3H3,(H,12,13,15). The summed E-state index contributed by atoms with van der Waals surface area (Å²) in [7, 11) is 0. The number of nitrogens with one attached hydrogen (secondary N) is 2. The molecule has 0 spiro atoms. The monoisotopic (exact) mass is 207 g/mol. The fraction of sp³-hybridized carbons (Fsp3) is 0.700. The third-order valence-corrected chi connectivity index (χ3v) is 2.87. The quantitative estimate of drug-likeness (QED) is 0.745. The smallest absolute Gasteiger partial charge is 0.243 e. The summed E-state index contributed by atoms with van der Waals surface area (Å²) in [6.45, 7) is 8.03. The molecule has 5 nitrogen and oxygen atoms in total. The molecular formula is C10H17N5. The van der Waals surface area contributed by atoms with E-state index in [1.807, 2.05) is 13.8 Å². The molecule has 82 valence electrons. The van der Waals surface area contributed by atoms with Gasteiger partial charge in [0.05, 0.1) is 16.9 Å². The van der Waals surface area contributed by atoms with Crippen LogP contribution in [0.1, 0.15) is 24.7 Å². The van der Waals surface area contributed by atoms with Crippen LogP contribution in [0, 0.1) is 13.8 Å². The second kappa shape index (κ2) is 3.73. The van der Waals surface area contributed by atoms with Crippen molar-refractivity contribution in [3.63, 3.8) is 0 Å². The van der Waals surface area contributed by atoms with Gasteiger partial charge in [-0.05, 0) is 33.7 Å². The maximum Gasteiger partial charge on any atom is 0.243 e. The van der Waals surface area contributed by atoms with Crippen LogP contribution in [0.25, 0.3) is 0 Å². The van der Waals surface area contributed by atoms with E-state index in [2.05, 4.69) is 32.7 Å². The second-order valence-electron chi connectivity index (χ2n) is 4.42. The lowest BCUT2D eigenvalue weighted by atomic mass is 10.0. The van der Waals surface area contributed by atoms with Crippen LogP contribution < -0.4 is 10.6 Å². The SMILES string of the molecule is Cc1nnc(NC2(C)CCNC2)nc1C. The zero-order chi connectivity index (χ0) is 10.9. The van der Waals surface area contributed by atoms with Gasteiger partial charge in [-0.15, -0.1) is 5.10 Å². The van der Waals surface area contributed by atoms with Crippen LogP contribution in [0.4, 0.5) is 5.95 Å². The number of hydrogen-bond acceptors (Lipinski definition) is 5. The topological polar surface area (TPSA) is 62.7 Å². The van der Waals surface area contributed by atoms with Crippen LogP contribution in [0.3, 0.4) is 0 Å². The molecule has 1 aliphatic rings. The van der Waals surface area contributed by atoms with Gasteiger partial charge in [-0.25, -0.2) is 4.98 Å². The summed E-state index contributed by atoms with van der Waals surface area (Å²) < 4.78 is 0. The molecule has 0 aromatic carbocycles. The number of aryl methyl sites for hydroxylation is 2. The first kappa shape index (κ1) is 10.3. The molecule has 1 aliphatic heterocycles. The van der Waals surface area contributed by atoms with Crippen molar-refractivity contribution >= 4 is 5.95 Å². The van der Waals surface area contributed by atoms with Gasteiger partial charge in [0.25, 0.3) is 0 Å². The lowest BCUT2D eigenvalue weighted by Gasteiger charge is -2.24. The molecule has 5 heteroatoms. The lowest BCUT2D eigenvalue weighted by molar-refractivity contribution is 0.558. The van der Waals surface area contributed by atoms with E-state index in [-0.39, 0.29) is 5.54 Å². The Morgan fingerprint density at radius 2 is 2.07 bits per heavy atom. The van der Waals surface area contributed by atoms with Crippen LogP contribution in [0.5, 0.6) is 0 Å². The Balaban J connectivity index is 2.13. The average molecular weight is 207 g/mol. The van der Waals surface area contributed by atoms with Crippen LogP contribution in [-0.4, -0.2) is 33.8 Å². The molecule has 1 fully saturated rings. The predicted octanol–water partition coefficient (Wildman–Crippen LogP) is 0.652. The van der Waals surface area contributed by atoms with Gasteiger partial charge in [0.2, 0.25) is 5.95 Å². The number of hydrogen-bond donors (Lipinski definition) is 2. The molecule has 0 saturated carbocycles. The summed E-state index contributed by atoms with van der Waals surface area (Å²) in [5, 5.41) is 14.8. The normalized spacial score (nSPS) is 25.5. The molecule has 0 bridgehead atoms. The summed E-state index contributed by atoms with van der Waals surface area (Å²) in [5.74, 6) is 0.629. The fourth-order valence-electron chi connectivity index (χ4n) is 1.70. The van der Waals surface area contributed by atoms with Crippen LogP contribution >= 0.6 is 0 Å². The van der Waals surface area contributed by atoms with Gasteiger partial charge in [0, 0.05) is 6.54 Å². The highest BCUT2D eigenvalue weighted by Gasteiger charge is 2.29. The number of nitrogens with zero attached hydrogens (tertiary/aromatic N) is 3. The van der Waals surface area contributed by atoms with E-state index in [1.165, 1.54) is 0 Å². The van der Waals surface area contributed by atoms with Crippen LogP contribution in [0.15, 0.2) is 0 Å². The van der Waals surface area contributed by atoms with E-state index in [0.717, 1.165) is 30.9 Å². The van der Waals surface area contributed by atoms with E-state index >= 15 is 0 Å². The molecule has 1 atom stereocenters. The van der Waals surface area contributed by atoms with Crippen molar-refractivity contribution < 1.29 is 0 Å². The zero-order valence-electron chi connectivity index (χ0n) is 9.46. The molecule has 0 radical (unpaired) electrons. The Labute approximate surface area is 89.7 Å². The van der Waals surface area contributed by atoms with Gasteiger partial charge in [0.1, 0.15) is 0 Å². The minimum atomic E-state index is 0.0589. The first-order valence-corrected chi connectivity index (χ1v) is 5.26. The van der Waals surface area contributed by atoms with E-state index in [0.29, 0.717) is 5.95 Å². The van der Waals surface area contributed by atoms with Crippen molar-refractivity contribution in [3.8, 4) is 0 Å². The summed E-state index contributed by atoms with van der Waals surface area (Å²) in [4.78, 5) is 4.37. The predicted molar refractivity (Wildman–Crippen MR) is 58.8 cm³/mol. The van der Waals surface area contributed by atoms with Gasteiger partial charge >= 0.3 is 0 Å². The summed E-state index contributed by atoms with van der Waals surface area (Å²) in [6, 6.07) is 0. The maximum atomic E-state index is 4.37. The molecule has 2 N–H and O–H groups in total. The van der Waals surface area contributed by atoms with E-state index < -0.39 is 0 Å². The minimum absolute atomic E-state index is 0.0589. The van der Waals surface area contributed by atoms with Crippen LogP contribution in [0.2, 0.25) is 0 Å². The van der Waals surface area contributed by atoms with Crippen molar-refractivity contribution in [2.24, 2.45) is 0 Å². The van der Waals surface area contributed by atoms with Gasteiger partial charge in [-0.1, -0.05) is 0 Å². The van der Waals surface area contributed by atoms with Gasteiger partial charge in [0.15, 0.2) is 0 Å². The highest BCUT2D eigenvalue weighted by molar-refractivity contribution is 5.30. The van der Waals surface area contributed by atoms with Gasteiger partial charge < -0.3 is 10.6 Å². The third-order valence-electron chi connectivity index (χ3n) is 2.87. The van der Waals surface area contributed by atoms with Crippen molar-refractivity contribution in [2.45, 2.75) is 32.7 Å². The van der Waals surface area contributed by atoms with E-state index in [9.17, 15) is 0 Å².